The molecule has 1 heterocycles. The summed E-state index contributed by atoms with van der Waals surface area (Å²) in [5.41, 5.74) is 1.72. The summed E-state index contributed by atoms with van der Waals surface area (Å²) in [6, 6.07) is 16.0. The quantitative estimate of drug-likeness (QED) is 0.625. The van der Waals surface area contributed by atoms with Crippen molar-refractivity contribution in [3.63, 3.8) is 0 Å². The number of aromatic nitrogens is 2. The first-order chi connectivity index (χ1) is 13.6. The molecule has 0 aliphatic rings. The van der Waals surface area contributed by atoms with Crippen LogP contribution in [0.3, 0.4) is 0 Å². The number of methoxy groups -OCH3 is 2. The summed E-state index contributed by atoms with van der Waals surface area (Å²) < 4.78 is 10.4. The summed E-state index contributed by atoms with van der Waals surface area (Å²) in [7, 11) is 3.15. The Labute approximate surface area is 167 Å². The van der Waals surface area contributed by atoms with Gasteiger partial charge in [0.1, 0.15) is 17.3 Å². The second-order valence-electron chi connectivity index (χ2n) is 5.77. The largest absolute Gasteiger partial charge is 0.496 e. The van der Waals surface area contributed by atoms with Gasteiger partial charge in [-0.25, -0.2) is 0 Å². The number of halogens is 1. The minimum absolute atomic E-state index is 0.190. The standard InChI is InChI=1S/C20H19ClN4O3/c1-27-17-6-4-3-5-13(17)12-22-19-10-8-16(24-25-19)20(26)23-14-7-9-18(28-2)15(21)11-14/h3-11H,12H2,1-2H3,(H,22,25)(H,23,26). The smallest absolute Gasteiger partial charge is 0.276 e. The first kappa shape index (κ1) is 19.4. The van der Waals surface area contributed by atoms with Gasteiger partial charge in [-0.1, -0.05) is 29.8 Å². The van der Waals surface area contributed by atoms with E-state index in [2.05, 4.69) is 20.8 Å². The summed E-state index contributed by atoms with van der Waals surface area (Å²) in [4.78, 5) is 12.3. The average Bonchev–Trinajstić information content (AvgIpc) is 2.73. The molecule has 2 N–H and O–H groups in total. The zero-order valence-corrected chi connectivity index (χ0v) is 16.2. The highest BCUT2D eigenvalue weighted by molar-refractivity contribution is 6.32. The topological polar surface area (TPSA) is 85.4 Å². The van der Waals surface area contributed by atoms with Crippen molar-refractivity contribution < 1.29 is 14.3 Å². The van der Waals surface area contributed by atoms with E-state index in [9.17, 15) is 4.79 Å². The Morgan fingerprint density at radius 2 is 1.79 bits per heavy atom. The van der Waals surface area contributed by atoms with Crippen LogP contribution in [0.5, 0.6) is 11.5 Å². The molecule has 0 saturated heterocycles. The molecule has 0 atom stereocenters. The number of ether oxygens (including phenoxy) is 2. The van der Waals surface area contributed by atoms with E-state index < -0.39 is 0 Å². The van der Waals surface area contributed by atoms with Crippen molar-refractivity contribution in [2.75, 3.05) is 24.9 Å². The van der Waals surface area contributed by atoms with Gasteiger partial charge in [-0.3, -0.25) is 4.79 Å². The van der Waals surface area contributed by atoms with Crippen molar-refractivity contribution in [1.82, 2.24) is 10.2 Å². The number of amides is 1. The third-order valence-electron chi connectivity index (χ3n) is 3.96. The zero-order chi connectivity index (χ0) is 19.9. The van der Waals surface area contributed by atoms with Gasteiger partial charge in [-0.05, 0) is 36.4 Å². The SMILES string of the molecule is COc1ccc(NC(=O)c2ccc(NCc3ccccc3OC)nn2)cc1Cl. The van der Waals surface area contributed by atoms with Gasteiger partial charge in [0.25, 0.3) is 5.91 Å². The molecule has 8 heteroatoms. The van der Waals surface area contributed by atoms with E-state index in [0.717, 1.165) is 11.3 Å². The van der Waals surface area contributed by atoms with Gasteiger partial charge in [-0.2, -0.15) is 0 Å². The molecule has 0 bridgehead atoms. The van der Waals surface area contributed by atoms with E-state index in [1.54, 1.807) is 37.4 Å². The molecule has 28 heavy (non-hydrogen) atoms. The van der Waals surface area contributed by atoms with Crippen LogP contribution in [0.15, 0.2) is 54.6 Å². The number of hydrogen-bond donors (Lipinski definition) is 2. The maximum atomic E-state index is 12.3. The van der Waals surface area contributed by atoms with Crippen LogP contribution in [0.1, 0.15) is 16.1 Å². The van der Waals surface area contributed by atoms with E-state index in [0.29, 0.717) is 28.8 Å². The molecule has 0 aliphatic heterocycles. The maximum Gasteiger partial charge on any atom is 0.276 e. The Hall–Kier alpha value is -3.32. The molecule has 3 aromatic rings. The highest BCUT2D eigenvalue weighted by Gasteiger charge is 2.10. The number of carbonyl (C=O) groups is 1. The monoisotopic (exact) mass is 398 g/mol. The van der Waals surface area contributed by atoms with Crippen molar-refractivity contribution in [3.05, 3.63) is 70.9 Å². The van der Waals surface area contributed by atoms with Crippen LogP contribution < -0.4 is 20.1 Å². The van der Waals surface area contributed by atoms with E-state index in [-0.39, 0.29) is 11.6 Å². The lowest BCUT2D eigenvalue weighted by molar-refractivity contribution is 0.102. The molecule has 2 aromatic carbocycles. The first-order valence-electron chi connectivity index (χ1n) is 8.45. The average molecular weight is 399 g/mol. The van der Waals surface area contributed by atoms with Crippen LogP contribution in [0.25, 0.3) is 0 Å². The van der Waals surface area contributed by atoms with Crippen molar-refractivity contribution in [2.24, 2.45) is 0 Å². The summed E-state index contributed by atoms with van der Waals surface area (Å²) in [6.45, 7) is 0.522. The Kier molecular flexibility index (Phi) is 6.29. The highest BCUT2D eigenvalue weighted by Crippen LogP contribution is 2.27. The van der Waals surface area contributed by atoms with Crippen LogP contribution in [0, 0.1) is 0 Å². The maximum absolute atomic E-state index is 12.3. The summed E-state index contributed by atoms with van der Waals surface area (Å²) >= 11 is 6.07. The first-order valence-corrected chi connectivity index (χ1v) is 8.83. The minimum Gasteiger partial charge on any atom is -0.496 e. The number of nitrogens with zero attached hydrogens (tertiary/aromatic N) is 2. The molecular formula is C20H19ClN4O3. The van der Waals surface area contributed by atoms with Gasteiger partial charge in [-0.15, -0.1) is 10.2 Å². The van der Waals surface area contributed by atoms with E-state index in [1.807, 2.05) is 24.3 Å². The third-order valence-corrected chi connectivity index (χ3v) is 4.25. The lowest BCUT2D eigenvalue weighted by atomic mass is 10.2. The van der Waals surface area contributed by atoms with E-state index in [4.69, 9.17) is 21.1 Å². The predicted molar refractivity (Wildman–Crippen MR) is 108 cm³/mol. The number of nitrogens with one attached hydrogen (secondary N) is 2. The lowest BCUT2D eigenvalue weighted by Gasteiger charge is -2.10. The molecule has 1 aromatic heterocycles. The lowest BCUT2D eigenvalue weighted by Crippen LogP contribution is -2.15. The highest BCUT2D eigenvalue weighted by atomic mass is 35.5. The Balaban J connectivity index is 1.62. The van der Waals surface area contributed by atoms with Gasteiger partial charge in [0.2, 0.25) is 0 Å². The van der Waals surface area contributed by atoms with Crippen molar-refractivity contribution in [1.29, 1.82) is 0 Å². The van der Waals surface area contributed by atoms with Crippen molar-refractivity contribution in [3.8, 4) is 11.5 Å². The Morgan fingerprint density at radius 3 is 2.46 bits per heavy atom. The molecule has 144 valence electrons. The third kappa shape index (κ3) is 4.69. The number of rotatable bonds is 7. The summed E-state index contributed by atoms with van der Waals surface area (Å²) in [5.74, 6) is 1.49. The summed E-state index contributed by atoms with van der Waals surface area (Å²) in [6.07, 6.45) is 0. The molecule has 3 rings (SSSR count). The molecular weight excluding hydrogens is 380 g/mol. The van der Waals surface area contributed by atoms with Gasteiger partial charge >= 0.3 is 0 Å². The number of hydrogen-bond acceptors (Lipinski definition) is 6. The van der Waals surface area contributed by atoms with E-state index in [1.165, 1.54) is 7.11 Å². The molecule has 0 unspecified atom stereocenters. The van der Waals surface area contributed by atoms with Crippen LogP contribution in [0.2, 0.25) is 5.02 Å². The molecule has 0 saturated carbocycles. The van der Waals surface area contributed by atoms with Crippen LogP contribution in [-0.2, 0) is 6.54 Å². The van der Waals surface area contributed by atoms with Crippen LogP contribution >= 0.6 is 11.6 Å². The minimum atomic E-state index is -0.384. The van der Waals surface area contributed by atoms with Crippen molar-refractivity contribution >= 4 is 29.0 Å². The number of para-hydroxylation sites is 1. The molecule has 1 amide bonds. The zero-order valence-electron chi connectivity index (χ0n) is 15.4. The second kappa shape index (κ2) is 9.05. The fourth-order valence-corrected chi connectivity index (χ4v) is 2.78. The molecule has 0 aliphatic carbocycles. The fourth-order valence-electron chi connectivity index (χ4n) is 2.52. The molecule has 0 fully saturated rings. The second-order valence-corrected chi connectivity index (χ2v) is 6.18. The number of anilines is 2. The predicted octanol–water partition coefficient (Wildman–Crippen LogP) is 4.01. The number of benzene rings is 2. The Morgan fingerprint density at radius 1 is 1.00 bits per heavy atom. The summed E-state index contributed by atoms with van der Waals surface area (Å²) in [5, 5.41) is 14.3. The molecule has 0 radical (unpaired) electrons. The van der Waals surface area contributed by atoms with E-state index >= 15 is 0 Å². The number of carbonyl (C=O) groups excluding carboxylic acids is 1. The van der Waals surface area contributed by atoms with Gasteiger partial charge in [0, 0.05) is 17.8 Å². The van der Waals surface area contributed by atoms with Crippen LogP contribution in [0.4, 0.5) is 11.5 Å². The fraction of sp³-hybridized carbons (Fsp3) is 0.150. The van der Waals surface area contributed by atoms with Crippen LogP contribution in [-0.4, -0.2) is 30.3 Å². The molecule has 7 nitrogen and oxygen atoms in total. The van der Waals surface area contributed by atoms with Gasteiger partial charge in [0.05, 0.1) is 19.2 Å². The van der Waals surface area contributed by atoms with Gasteiger partial charge < -0.3 is 20.1 Å². The Bertz CT molecular complexity index is 964. The van der Waals surface area contributed by atoms with Gasteiger partial charge in [0.15, 0.2) is 5.69 Å². The normalized spacial score (nSPS) is 10.2. The molecule has 0 spiro atoms. The van der Waals surface area contributed by atoms with Crippen molar-refractivity contribution in [2.45, 2.75) is 6.54 Å².